The zero-order valence-electron chi connectivity index (χ0n) is 13.7. The van der Waals surface area contributed by atoms with Gasteiger partial charge in [-0.15, -0.1) is 0 Å². The highest BCUT2D eigenvalue weighted by molar-refractivity contribution is 7.82. The number of carbonyl (C=O) groups is 2. The number of thiol groups is 2. The third-order valence-corrected chi connectivity index (χ3v) is 3.54. The van der Waals surface area contributed by atoms with Crippen molar-refractivity contribution in [1.29, 1.82) is 0 Å². The second-order valence-corrected chi connectivity index (χ2v) is 9.47. The lowest BCUT2D eigenvalue weighted by Gasteiger charge is -2.48. The molecule has 0 aromatic carbocycles. The van der Waals surface area contributed by atoms with Gasteiger partial charge in [-0.2, -0.15) is 25.3 Å². The Morgan fingerprint density at radius 3 is 1.45 bits per heavy atom. The van der Waals surface area contributed by atoms with Crippen LogP contribution in [0.25, 0.3) is 0 Å². The van der Waals surface area contributed by atoms with Crippen molar-refractivity contribution in [2.45, 2.75) is 55.6 Å². The molecular weight excluding hydrogens is 324 g/mol. The number of carboxylic acids is 2. The summed E-state index contributed by atoms with van der Waals surface area (Å²) < 4.78 is -0.874. The number of rotatable bonds is 10. The van der Waals surface area contributed by atoms with E-state index in [4.69, 9.17) is 15.9 Å². The number of hydrogen-bond donors (Lipinski definition) is 5. The maximum absolute atomic E-state index is 11.2. The van der Waals surface area contributed by atoms with Gasteiger partial charge in [0.2, 0.25) is 0 Å². The number of carboxylic acid groups (broad SMARTS) is 2. The zero-order valence-corrected chi connectivity index (χ0v) is 15.5. The second-order valence-electron chi connectivity index (χ2n) is 7.05. The fourth-order valence-electron chi connectivity index (χ4n) is 2.89. The molecule has 0 rings (SSSR count). The third kappa shape index (κ3) is 8.26. The summed E-state index contributed by atoms with van der Waals surface area (Å²) >= 11 is 9.05. The second kappa shape index (κ2) is 7.90. The lowest BCUT2D eigenvalue weighted by atomic mass is 9.79. The van der Waals surface area contributed by atoms with Crippen molar-refractivity contribution in [3.8, 4) is 0 Å². The van der Waals surface area contributed by atoms with Crippen LogP contribution in [0.15, 0.2) is 0 Å². The van der Waals surface area contributed by atoms with E-state index in [1.165, 1.54) is 4.90 Å². The van der Waals surface area contributed by atoms with Crippen molar-refractivity contribution in [2.24, 2.45) is 5.73 Å². The van der Waals surface area contributed by atoms with Crippen molar-refractivity contribution in [1.82, 2.24) is 4.90 Å². The van der Waals surface area contributed by atoms with Crippen LogP contribution in [-0.4, -0.2) is 61.7 Å². The molecule has 0 saturated carbocycles. The molecule has 0 radical (unpaired) electrons. The minimum Gasteiger partial charge on any atom is -0.480 e. The van der Waals surface area contributed by atoms with Crippen LogP contribution < -0.4 is 5.73 Å². The monoisotopic (exact) mass is 352 g/mol. The van der Waals surface area contributed by atoms with Gasteiger partial charge in [0.25, 0.3) is 0 Å². The Hall–Kier alpha value is -0.440. The first kappa shape index (κ1) is 21.6. The molecule has 4 N–H and O–H groups in total. The van der Waals surface area contributed by atoms with Gasteiger partial charge in [0.1, 0.15) is 0 Å². The maximum Gasteiger partial charge on any atom is 0.317 e. The van der Waals surface area contributed by atoms with E-state index in [1.807, 2.05) is 27.7 Å². The molecular formula is C14H28N2O4S2. The third-order valence-electron chi connectivity index (χ3n) is 3.23. The van der Waals surface area contributed by atoms with E-state index >= 15 is 0 Å². The van der Waals surface area contributed by atoms with Crippen LogP contribution in [0.2, 0.25) is 0 Å². The smallest absolute Gasteiger partial charge is 0.317 e. The summed E-state index contributed by atoms with van der Waals surface area (Å²) in [6.07, 6.45) is 0.897. The van der Waals surface area contributed by atoms with Gasteiger partial charge in [-0.3, -0.25) is 14.5 Å². The van der Waals surface area contributed by atoms with Gasteiger partial charge < -0.3 is 15.9 Å². The molecule has 0 bridgehead atoms. The topological polar surface area (TPSA) is 104 Å². The molecule has 0 aromatic heterocycles. The zero-order chi connectivity index (χ0) is 17.8. The van der Waals surface area contributed by atoms with Crippen molar-refractivity contribution in [3.05, 3.63) is 0 Å². The molecule has 0 heterocycles. The van der Waals surface area contributed by atoms with Crippen LogP contribution in [0.5, 0.6) is 0 Å². The van der Waals surface area contributed by atoms with Gasteiger partial charge in [0.15, 0.2) is 0 Å². The molecule has 0 atom stereocenters. The van der Waals surface area contributed by atoms with Crippen LogP contribution in [0, 0.1) is 0 Å². The predicted octanol–water partition coefficient (Wildman–Crippen LogP) is 1.35. The van der Waals surface area contributed by atoms with Crippen LogP contribution >= 0.6 is 25.3 Å². The summed E-state index contributed by atoms with van der Waals surface area (Å²) in [5, 5.41) is 18.3. The highest BCUT2D eigenvalue weighted by atomic mass is 32.1. The van der Waals surface area contributed by atoms with E-state index in [0.29, 0.717) is 12.8 Å². The van der Waals surface area contributed by atoms with Crippen LogP contribution in [0.3, 0.4) is 0 Å². The van der Waals surface area contributed by atoms with Crippen molar-refractivity contribution in [3.63, 3.8) is 0 Å². The molecule has 0 fully saturated rings. The summed E-state index contributed by atoms with van der Waals surface area (Å²) in [6.45, 7) is 6.92. The molecule has 0 spiro atoms. The van der Waals surface area contributed by atoms with E-state index in [9.17, 15) is 9.59 Å². The van der Waals surface area contributed by atoms with Gasteiger partial charge in [0, 0.05) is 21.6 Å². The Bertz CT molecular complexity index is 371. The fourth-order valence-corrected chi connectivity index (χ4v) is 3.48. The Morgan fingerprint density at radius 1 is 0.955 bits per heavy atom. The summed E-state index contributed by atoms with van der Waals surface area (Å²) in [4.78, 5) is 23.8. The van der Waals surface area contributed by atoms with E-state index < -0.39 is 40.1 Å². The van der Waals surface area contributed by atoms with Crippen molar-refractivity contribution in [2.75, 3.05) is 19.6 Å². The Kier molecular flexibility index (Phi) is 7.74. The van der Waals surface area contributed by atoms with Gasteiger partial charge >= 0.3 is 11.9 Å². The first-order valence-electron chi connectivity index (χ1n) is 7.04. The van der Waals surface area contributed by atoms with Crippen LogP contribution in [0.4, 0.5) is 0 Å². The molecule has 130 valence electrons. The Labute approximate surface area is 143 Å². The molecule has 6 nitrogen and oxygen atoms in total. The SMILES string of the molecule is CC(C)(S)CC(CN)(CC(C)(C)S)N(CC(=O)O)CC(=O)O. The molecule has 0 amide bonds. The molecule has 0 aromatic rings. The maximum atomic E-state index is 11.2. The van der Waals surface area contributed by atoms with E-state index in [0.717, 1.165) is 0 Å². The van der Waals surface area contributed by atoms with Gasteiger partial charge in [-0.25, -0.2) is 0 Å². The summed E-state index contributed by atoms with van der Waals surface area (Å²) in [5.41, 5.74) is 5.17. The standard InChI is InChI=1S/C14H28N2O4S2/c1-12(2,21)7-14(9-15,8-13(3,4)22)16(5-10(17)18)6-11(19)20/h21-22H,5-9,15H2,1-4H3,(H,17,18)(H,19,20). The molecule has 0 aliphatic heterocycles. The summed E-state index contributed by atoms with van der Waals surface area (Å²) in [5.74, 6) is -2.18. The summed E-state index contributed by atoms with van der Waals surface area (Å²) in [7, 11) is 0. The van der Waals surface area contributed by atoms with E-state index in [-0.39, 0.29) is 6.54 Å². The molecule has 0 aliphatic rings. The minimum atomic E-state index is -1.09. The number of hydrogen-bond acceptors (Lipinski definition) is 6. The number of aliphatic carboxylic acids is 2. The van der Waals surface area contributed by atoms with Crippen LogP contribution in [-0.2, 0) is 9.59 Å². The molecule has 0 saturated heterocycles. The predicted molar refractivity (Wildman–Crippen MR) is 94.0 cm³/mol. The molecule has 0 unspecified atom stereocenters. The van der Waals surface area contributed by atoms with Crippen molar-refractivity contribution >= 4 is 37.2 Å². The number of nitrogens with zero attached hydrogens (tertiary/aromatic N) is 1. The van der Waals surface area contributed by atoms with Gasteiger partial charge in [0.05, 0.1) is 13.1 Å². The van der Waals surface area contributed by atoms with Gasteiger partial charge in [-0.05, 0) is 12.8 Å². The lowest BCUT2D eigenvalue weighted by molar-refractivity contribution is -0.145. The van der Waals surface area contributed by atoms with E-state index in [1.54, 1.807) is 0 Å². The summed E-state index contributed by atoms with van der Waals surface area (Å²) in [6, 6.07) is 0. The first-order chi connectivity index (χ1) is 9.71. The normalized spacial score (nSPS) is 13.5. The molecule has 22 heavy (non-hydrogen) atoms. The lowest BCUT2D eigenvalue weighted by Crippen LogP contribution is -2.60. The van der Waals surface area contributed by atoms with Crippen molar-refractivity contribution < 1.29 is 19.8 Å². The van der Waals surface area contributed by atoms with Gasteiger partial charge in [-0.1, -0.05) is 27.7 Å². The Morgan fingerprint density at radius 2 is 1.27 bits per heavy atom. The fraction of sp³-hybridized carbons (Fsp3) is 0.857. The first-order valence-corrected chi connectivity index (χ1v) is 7.94. The number of nitrogens with two attached hydrogens (primary N) is 1. The quantitative estimate of drug-likeness (QED) is 0.380. The molecule has 8 heteroatoms. The highest BCUT2D eigenvalue weighted by Gasteiger charge is 2.43. The average Bonchev–Trinajstić information content (AvgIpc) is 2.21. The molecule has 0 aliphatic carbocycles. The minimum absolute atomic E-state index is 0.127. The van der Waals surface area contributed by atoms with Crippen LogP contribution in [0.1, 0.15) is 40.5 Å². The van der Waals surface area contributed by atoms with E-state index in [2.05, 4.69) is 25.3 Å². The highest BCUT2D eigenvalue weighted by Crippen LogP contribution is 2.37. The Balaban J connectivity index is 5.80. The average molecular weight is 353 g/mol. The largest absolute Gasteiger partial charge is 0.480 e.